The van der Waals surface area contributed by atoms with Gasteiger partial charge < -0.3 is 0 Å². The van der Waals surface area contributed by atoms with Crippen molar-refractivity contribution >= 4 is 23.2 Å². The van der Waals surface area contributed by atoms with Crippen molar-refractivity contribution in [1.29, 1.82) is 0 Å². The molecule has 0 atom stereocenters. The predicted octanol–water partition coefficient (Wildman–Crippen LogP) is 3.69. The largest absolute Gasteiger partial charge is 0.155 e. The molecule has 0 unspecified atom stereocenters. The summed E-state index contributed by atoms with van der Waals surface area (Å²) in [5.74, 6) is 0.431. The molecule has 0 radical (unpaired) electrons. The van der Waals surface area contributed by atoms with Gasteiger partial charge >= 0.3 is 0 Å². The van der Waals surface area contributed by atoms with Crippen molar-refractivity contribution in [3.05, 3.63) is 21.9 Å². The van der Waals surface area contributed by atoms with Crippen LogP contribution in [-0.2, 0) is 0 Å². The molecule has 0 aromatic carbocycles. The molecule has 13 heavy (non-hydrogen) atoms. The summed E-state index contributed by atoms with van der Waals surface area (Å²) in [6.45, 7) is 4.25. The summed E-state index contributed by atoms with van der Waals surface area (Å²) in [7, 11) is 0. The van der Waals surface area contributed by atoms with Crippen LogP contribution in [-0.4, -0.2) is 10.2 Å². The zero-order valence-corrected chi connectivity index (χ0v) is 9.23. The summed E-state index contributed by atoms with van der Waals surface area (Å²) in [4.78, 5) is 0. The van der Waals surface area contributed by atoms with E-state index in [9.17, 15) is 0 Å². The number of hydrogen-bond donors (Lipinski definition) is 0. The molecule has 1 rings (SSSR count). The normalized spacial score (nSPS) is 10.8. The molecular formula is C9H12Cl2N2. The van der Waals surface area contributed by atoms with E-state index >= 15 is 0 Å². The van der Waals surface area contributed by atoms with Gasteiger partial charge in [0.05, 0.1) is 0 Å². The molecule has 4 heteroatoms. The Morgan fingerprint density at radius 3 is 2.38 bits per heavy atom. The molecule has 0 saturated carbocycles. The number of rotatable bonds is 3. The quantitative estimate of drug-likeness (QED) is 0.774. The van der Waals surface area contributed by atoms with Gasteiger partial charge in [0.15, 0.2) is 10.3 Å². The molecule has 0 saturated heterocycles. The van der Waals surface area contributed by atoms with E-state index in [1.165, 1.54) is 0 Å². The van der Waals surface area contributed by atoms with Crippen molar-refractivity contribution in [2.75, 3.05) is 0 Å². The van der Waals surface area contributed by atoms with Crippen molar-refractivity contribution in [2.45, 2.75) is 32.6 Å². The second kappa shape index (κ2) is 4.77. The molecule has 0 aliphatic heterocycles. The molecule has 0 aliphatic rings. The average molecular weight is 219 g/mol. The van der Waals surface area contributed by atoms with Crippen molar-refractivity contribution in [2.24, 2.45) is 0 Å². The number of nitrogens with zero attached hydrogens (tertiary/aromatic N) is 2. The van der Waals surface area contributed by atoms with Crippen LogP contribution in [0.15, 0.2) is 6.07 Å². The summed E-state index contributed by atoms with van der Waals surface area (Å²) in [5, 5.41) is 8.33. The van der Waals surface area contributed by atoms with E-state index in [1.54, 1.807) is 6.07 Å². The highest BCUT2D eigenvalue weighted by atomic mass is 35.5. The zero-order chi connectivity index (χ0) is 9.84. The Balaban J connectivity index is 3.03. The van der Waals surface area contributed by atoms with Crippen LogP contribution in [0.4, 0.5) is 0 Å². The Morgan fingerprint density at radius 1 is 1.23 bits per heavy atom. The van der Waals surface area contributed by atoms with Crippen molar-refractivity contribution in [3.63, 3.8) is 0 Å². The van der Waals surface area contributed by atoms with Crippen LogP contribution in [0.1, 0.15) is 38.2 Å². The molecule has 0 aliphatic carbocycles. The average Bonchev–Trinajstić information content (AvgIpc) is 2.13. The maximum atomic E-state index is 5.92. The first kappa shape index (κ1) is 10.7. The first-order chi connectivity index (χ1) is 6.19. The van der Waals surface area contributed by atoms with Gasteiger partial charge in [-0.25, -0.2) is 0 Å². The molecule has 0 bridgehead atoms. The minimum absolute atomic E-state index is 0.409. The van der Waals surface area contributed by atoms with E-state index in [1.807, 2.05) is 0 Å². The van der Waals surface area contributed by atoms with E-state index in [2.05, 4.69) is 24.0 Å². The fourth-order valence-electron chi connectivity index (χ4n) is 1.38. The van der Waals surface area contributed by atoms with Crippen LogP contribution in [0.2, 0.25) is 10.3 Å². The highest BCUT2D eigenvalue weighted by Gasteiger charge is 2.12. The topological polar surface area (TPSA) is 25.8 Å². The summed E-state index contributed by atoms with van der Waals surface area (Å²) < 4.78 is 0. The first-order valence-electron chi connectivity index (χ1n) is 4.37. The van der Waals surface area contributed by atoms with E-state index in [4.69, 9.17) is 23.2 Å². The number of hydrogen-bond acceptors (Lipinski definition) is 2. The maximum absolute atomic E-state index is 5.92. The van der Waals surface area contributed by atoms with Gasteiger partial charge in [0, 0.05) is 0 Å². The van der Waals surface area contributed by atoms with Gasteiger partial charge in [0.1, 0.15) is 0 Å². The summed E-state index contributed by atoms with van der Waals surface area (Å²) in [6, 6.07) is 1.80. The molecular weight excluding hydrogens is 207 g/mol. The summed E-state index contributed by atoms with van der Waals surface area (Å²) in [5.41, 5.74) is 1.01. The van der Waals surface area contributed by atoms with Crippen LogP contribution in [0.3, 0.4) is 0 Å². The van der Waals surface area contributed by atoms with Gasteiger partial charge in [-0.1, -0.05) is 37.0 Å². The van der Waals surface area contributed by atoms with Gasteiger partial charge in [-0.2, -0.15) is 0 Å². The second-order valence-corrected chi connectivity index (χ2v) is 3.67. The first-order valence-corrected chi connectivity index (χ1v) is 5.13. The van der Waals surface area contributed by atoms with E-state index < -0.39 is 0 Å². The lowest BCUT2D eigenvalue weighted by atomic mass is 9.96. The maximum Gasteiger partial charge on any atom is 0.155 e. The fourth-order valence-corrected chi connectivity index (χ4v) is 1.78. The van der Waals surface area contributed by atoms with Crippen LogP contribution >= 0.6 is 23.2 Å². The number of aromatic nitrogens is 2. The molecule has 0 spiro atoms. The predicted molar refractivity (Wildman–Crippen MR) is 55.4 cm³/mol. The Labute approximate surface area is 88.3 Å². The third-order valence-electron chi connectivity index (χ3n) is 2.17. The molecule has 1 heterocycles. The van der Waals surface area contributed by atoms with E-state index in [-0.39, 0.29) is 0 Å². The molecule has 0 amide bonds. The summed E-state index contributed by atoms with van der Waals surface area (Å²) in [6.07, 6.45) is 2.08. The molecule has 2 nitrogen and oxygen atoms in total. The van der Waals surface area contributed by atoms with Gasteiger partial charge in [-0.15, -0.1) is 10.2 Å². The number of halogens is 2. The van der Waals surface area contributed by atoms with Crippen molar-refractivity contribution in [1.82, 2.24) is 10.2 Å². The van der Waals surface area contributed by atoms with Gasteiger partial charge in [-0.3, -0.25) is 0 Å². The van der Waals surface area contributed by atoms with Gasteiger partial charge in [-0.05, 0) is 30.4 Å². The Morgan fingerprint density at radius 2 is 1.85 bits per heavy atom. The van der Waals surface area contributed by atoms with Crippen LogP contribution in [0.25, 0.3) is 0 Å². The van der Waals surface area contributed by atoms with E-state index in [0.29, 0.717) is 16.2 Å². The van der Waals surface area contributed by atoms with Crippen LogP contribution in [0.5, 0.6) is 0 Å². The molecule has 0 fully saturated rings. The second-order valence-electron chi connectivity index (χ2n) is 2.93. The van der Waals surface area contributed by atoms with Crippen LogP contribution in [0, 0.1) is 0 Å². The SMILES string of the molecule is CCC(CC)c1cc(Cl)nnc1Cl. The van der Waals surface area contributed by atoms with E-state index in [0.717, 1.165) is 18.4 Å². The van der Waals surface area contributed by atoms with Crippen LogP contribution < -0.4 is 0 Å². The highest BCUT2D eigenvalue weighted by Crippen LogP contribution is 2.28. The van der Waals surface area contributed by atoms with Crippen molar-refractivity contribution < 1.29 is 0 Å². The minimum Gasteiger partial charge on any atom is -0.137 e. The summed E-state index contributed by atoms with van der Waals surface area (Å²) >= 11 is 11.7. The Hall–Kier alpha value is -0.340. The Kier molecular flexibility index (Phi) is 3.94. The molecule has 72 valence electrons. The standard InChI is InChI=1S/C9H12Cl2N2/c1-3-6(4-2)7-5-8(10)12-13-9(7)11/h5-6H,3-4H2,1-2H3. The zero-order valence-electron chi connectivity index (χ0n) is 7.72. The third-order valence-corrected chi connectivity index (χ3v) is 2.65. The lowest BCUT2D eigenvalue weighted by molar-refractivity contribution is 0.637. The molecule has 1 aromatic heterocycles. The molecule has 0 N–H and O–H groups in total. The van der Waals surface area contributed by atoms with Crippen molar-refractivity contribution in [3.8, 4) is 0 Å². The van der Waals surface area contributed by atoms with Gasteiger partial charge in [0.25, 0.3) is 0 Å². The lowest BCUT2D eigenvalue weighted by Crippen LogP contribution is -1.99. The monoisotopic (exact) mass is 218 g/mol. The highest BCUT2D eigenvalue weighted by molar-refractivity contribution is 6.31. The fraction of sp³-hybridized carbons (Fsp3) is 0.556. The lowest BCUT2D eigenvalue weighted by Gasteiger charge is -2.12. The molecule has 1 aromatic rings. The third kappa shape index (κ3) is 2.55. The van der Waals surface area contributed by atoms with Gasteiger partial charge in [0.2, 0.25) is 0 Å². The smallest absolute Gasteiger partial charge is 0.137 e. The minimum atomic E-state index is 0.409. The Bertz CT molecular complexity index is 285.